The molecule has 0 spiro atoms. The van der Waals surface area contributed by atoms with Gasteiger partial charge in [0, 0.05) is 18.0 Å². The van der Waals surface area contributed by atoms with Crippen molar-refractivity contribution < 1.29 is 19.1 Å². The minimum atomic E-state index is -0.418. The number of rotatable bonds is 8. The molecule has 2 aromatic carbocycles. The standard InChI is InChI=1S/C26H32N2O4/c1-4-19(2)28-25(30)32-21-14-16-26(17-15-21,20-10-6-5-7-11-20)18-27-24(29)22-12-8-9-13-23(22)31-3/h4-13,19,21H,1,14-18H2,2-3H3,(H,27,29)(H,28,30). The molecular formula is C26H32N2O4. The van der Waals surface area contributed by atoms with Crippen LogP contribution in [-0.4, -0.2) is 37.8 Å². The third-order valence-corrected chi connectivity index (χ3v) is 6.19. The zero-order valence-electron chi connectivity index (χ0n) is 18.8. The molecule has 2 aromatic rings. The summed E-state index contributed by atoms with van der Waals surface area (Å²) < 4.78 is 10.9. The second kappa shape index (κ2) is 10.8. The van der Waals surface area contributed by atoms with Crippen LogP contribution in [0, 0.1) is 0 Å². The van der Waals surface area contributed by atoms with E-state index in [-0.39, 0.29) is 23.5 Å². The molecule has 170 valence electrons. The summed E-state index contributed by atoms with van der Waals surface area (Å²) in [7, 11) is 1.56. The van der Waals surface area contributed by atoms with Gasteiger partial charge in [0.05, 0.1) is 12.7 Å². The van der Waals surface area contributed by atoms with Crippen LogP contribution in [0.1, 0.15) is 48.5 Å². The number of carbonyl (C=O) groups excluding carboxylic acids is 2. The van der Waals surface area contributed by atoms with Crippen LogP contribution in [0.2, 0.25) is 0 Å². The van der Waals surface area contributed by atoms with Crippen LogP contribution >= 0.6 is 0 Å². The number of para-hydroxylation sites is 1. The smallest absolute Gasteiger partial charge is 0.407 e. The number of ether oxygens (including phenoxy) is 2. The molecule has 1 saturated carbocycles. The fraction of sp³-hybridized carbons (Fsp3) is 0.385. The van der Waals surface area contributed by atoms with Gasteiger partial charge in [0.2, 0.25) is 0 Å². The van der Waals surface area contributed by atoms with Gasteiger partial charge in [-0.25, -0.2) is 4.79 Å². The molecular weight excluding hydrogens is 404 g/mol. The highest BCUT2D eigenvalue weighted by molar-refractivity contribution is 5.97. The fourth-order valence-electron chi connectivity index (χ4n) is 4.23. The summed E-state index contributed by atoms with van der Waals surface area (Å²) >= 11 is 0. The minimum absolute atomic E-state index is 0.139. The van der Waals surface area contributed by atoms with Crippen molar-refractivity contribution in [2.45, 2.75) is 50.2 Å². The van der Waals surface area contributed by atoms with Crippen LogP contribution in [0.5, 0.6) is 5.75 Å². The van der Waals surface area contributed by atoms with Crippen LogP contribution < -0.4 is 15.4 Å². The molecule has 1 aliphatic rings. The van der Waals surface area contributed by atoms with Gasteiger partial charge in [-0.05, 0) is 50.3 Å². The molecule has 0 heterocycles. The van der Waals surface area contributed by atoms with E-state index >= 15 is 0 Å². The quantitative estimate of drug-likeness (QED) is 0.593. The number of hydrogen-bond donors (Lipinski definition) is 2. The van der Waals surface area contributed by atoms with E-state index in [0.29, 0.717) is 17.9 Å². The number of alkyl carbamates (subject to hydrolysis) is 1. The van der Waals surface area contributed by atoms with Gasteiger partial charge in [0.1, 0.15) is 11.9 Å². The predicted molar refractivity (Wildman–Crippen MR) is 125 cm³/mol. The summed E-state index contributed by atoms with van der Waals surface area (Å²) in [6, 6.07) is 17.3. The minimum Gasteiger partial charge on any atom is -0.496 e. The second-order valence-corrected chi connectivity index (χ2v) is 8.30. The first-order chi connectivity index (χ1) is 15.5. The largest absolute Gasteiger partial charge is 0.496 e. The molecule has 1 fully saturated rings. The second-order valence-electron chi connectivity index (χ2n) is 8.30. The Bertz CT molecular complexity index is 920. The molecule has 1 atom stereocenters. The van der Waals surface area contributed by atoms with Crippen molar-refractivity contribution in [1.82, 2.24) is 10.6 Å². The molecule has 0 saturated heterocycles. The average molecular weight is 437 g/mol. The maximum Gasteiger partial charge on any atom is 0.407 e. The Morgan fingerprint density at radius 2 is 1.78 bits per heavy atom. The molecule has 3 rings (SSSR count). The summed E-state index contributed by atoms with van der Waals surface area (Å²) in [6.45, 7) is 6.02. The highest BCUT2D eigenvalue weighted by Gasteiger charge is 2.38. The fourth-order valence-corrected chi connectivity index (χ4v) is 4.23. The zero-order chi connectivity index (χ0) is 23.0. The van der Waals surface area contributed by atoms with E-state index in [9.17, 15) is 9.59 Å². The summed E-state index contributed by atoms with van der Waals surface area (Å²) in [5.41, 5.74) is 1.48. The maximum atomic E-state index is 12.9. The number of amides is 2. The molecule has 2 N–H and O–H groups in total. The van der Waals surface area contributed by atoms with Crippen molar-refractivity contribution in [2.24, 2.45) is 0 Å². The third kappa shape index (κ3) is 5.69. The van der Waals surface area contributed by atoms with Gasteiger partial charge in [-0.15, -0.1) is 6.58 Å². The number of methoxy groups -OCH3 is 1. The van der Waals surface area contributed by atoms with Crippen molar-refractivity contribution >= 4 is 12.0 Å². The topological polar surface area (TPSA) is 76.7 Å². The molecule has 0 bridgehead atoms. The Morgan fingerprint density at radius 3 is 2.44 bits per heavy atom. The molecule has 6 nitrogen and oxygen atoms in total. The zero-order valence-corrected chi connectivity index (χ0v) is 18.8. The Morgan fingerprint density at radius 1 is 1.12 bits per heavy atom. The maximum absolute atomic E-state index is 12.9. The molecule has 6 heteroatoms. The van der Waals surface area contributed by atoms with E-state index in [2.05, 4.69) is 29.3 Å². The lowest BCUT2D eigenvalue weighted by molar-refractivity contribution is 0.0557. The van der Waals surface area contributed by atoms with E-state index in [1.165, 1.54) is 5.56 Å². The lowest BCUT2D eigenvalue weighted by Crippen LogP contribution is -2.45. The molecule has 0 aliphatic heterocycles. The molecule has 0 aromatic heterocycles. The van der Waals surface area contributed by atoms with Crippen molar-refractivity contribution in [1.29, 1.82) is 0 Å². The summed E-state index contributed by atoms with van der Waals surface area (Å²) in [6.07, 6.45) is 4.17. The Labute approximate surface area is 190 Å². The van der Waals surface area contributed by atoms with Gasteiger partial charge in [0.25, 0.3) is 5.91 Å². The summed E-state index contributed by atoms with van der Waals surface area (Å²) in [5.74, 6) is 0.393. The van der Waals surface area contributed by atoms with Gasteiger partial charge < -0.3 is 20.1 Å². The number of nitrogens with one attached hydrogen (secondary N) is 2. The number of benzene rings is 2. The van der Waals surface area contributed by atoms with E-state index in [4.69, 9.17) is 9.47 Å². The lowest BCUT2D eigenvalue weighted by Gasteiger charge is -2.40. The van der Waals surface area contributed by atoms with Crippen molar-refractivity contribution in [2.75, 3.05) is 13.7 Å². The lowest BCUT2D eigenvalue weighted by atomic mass is 9.68. The first-order valence-electron chi connectivity index (χ1n) is 11.0. The molecule has 32 heavy (non-hydrogen) atoms. The van der Waals surface area contributed by atoms with Crippen LogP contribution in [0.3, 0.4) is 0 Å². The van der Waals surface area contributed by atoms with Crippen LogP contribution in [0.25, 0.3) is 0 Å². The van der Waals surface area contributed by atoms with Crippen LogP contribution in [0.15, 0.2) is 67.3 Å². The Kier molecular flexibility index (Phi) is 7.92. The Hall–Kier alpha value is -3.28. The summed E-state index contributed by atoms with van der Waals surface area (Å²) in [5, 5.41) is 5.87. The van der Waals surface area contributed by atoms with Crippen molar-refractivity contribution in [3.63, 3.8) is 0 Å². The molecule has 1 aliphatic carbocycles. The summed E-state index contributed by atoms with van der Waals surface area (Å²) in [4.78, 5) is 25.0. The molecule has 2 amide bonds. The number of carbonyl (C=O) groups is 2. The van der Waals surface area contributed by atoms with Crippen LogP contribution in [-0.2, 0) is 10.2 Å². The first kappa shape index (κ1) is 23.4. The van der Waals surface area contributed by atoms with Gasteiger partial charge in [-0.1, -0.05) is 48.5 Å². The SMILES string of the molecule is C=CC(C)NC(=O)OC1CCC(CNC(=O)c2ccccc2OC)(c2ccccc2)CC1. The van der Waals surface area contributed by atoms with Crippen molar-refractivity contribution in [3.05, 3.63) is 78.4 Å². The van der Waals surface area contributed by atoms with E-state index in [1.807, 2.05) is 37.3 Å². The molecule has 0 radical (unpaired) electrons. The third-order valence-electron chi connectivity index (χ3n) is 6.19. The van der Waals surface area contributed by atoms with E-state index in [0.717, 1.165) is 25.7 Å². The van der Waals surface area contributed by atoms with E-state index in [1.54, 1.807) is 25.3 Å². The van der Waals surface area contributed by atoms with Gasteiger partial charge in [0.15, 0.2) is 0 Å². The highest BCUT2D eigenvalue weighted by atomic mass is 16.6. The van der Waals surface area contributed by atoms with Gasteiger partial charge in [-0.3, -0.25) is 4.79 Å². The van der Waals surface area contributed by atoms with E-state index < -0.39 is 6.09 Å². The van der Waals surface area contributed by atoms with Gasteiger partial charge >= 0.3 is 6.09 Å². The number of hydrogen-bond acceptors (Lipinski definition) is 4. The normalized spacial score (nSPS) is 21.1. The average Bonchev–Trinajstić information content (AvgIpc) is 2.84. The van der Waals surface area contributed by atoms with Crippen LogP contribution in [0.4, 0.5) is 4.79 Å². The van der Waals surface area contributed by atoms with Gasteiger partial charge in [-0.2, -0.15) is 0 Å². The first-order valence-corrected chi connectivity index (χ1v) is 11.0. The predicted octanol–water partition coefficient (Wildman–Crippen LogP) is 4.61. The monoisotopic (exact) mass is 436 g/mol. The van der Waals surface area contributed by atoms with Crippen molar-refractivity contribution in [3.8, 4) is 5.75 Å². The molecule has 1 unspecified atom stereocenters. The highest BCUT2D eigenvalue weighted by Crippen LogP contribution is 2.40. The Balaban J connectivity index is 1.69.